The third kappa shape index (κ3) is 2.14. The lowest BCUT2D eigenvalue weighted by Crippen LogP contribution is -1.89. The molecule has 20 heavy (non-hydrogen) atoms. The minimum Gasteiger partial charge on any atom is -0.367 e. The van der Waals surface area contributed by atoms with E-state index in [9.17, 15) is 4.39 Å². The quantitative estimate of drug-likeness (QED) is 0.774. The van der Waals surface area contributed by atoms with Crippen LogP contribution in [0.3, 0.4) is 0 Å². The Morgan fingerprint density at radius 3 is 2.55 bits per heavy atom. The summed E-state index contributed by atoms with van der Waals surface area (Å²) in [6.45, 7) is 1.89. The molecular formula is C15H12FN3O. The first kappa shape index (κ1) is 12.3. The van der Waals surface area contributed by atoms with Crippen molar-refractivity contribution in [2.75, 3.05) is 5.73 Å². The smallest absolute Gasteiger partial charge is 0.230 e. The van der Waals surface area contributed by atoms with E-state index in [1.54, 1.807) is 18.3 Å². The van der Waals surface area contributed by atoms with Crippen LogP contribution >= 0.6 is 0 Å². The van der Waals surface area contributed by atoms with Crippen LogP contribution in [-0.2, 0) is 0 Å². The highest BCUT2D eigenvalue weighted by Gasteiger charge is 2.17. The second-order valence-corrected chi connectivity index (χ2v) is 4.46. The van der Waals surface area contributed by atoms with Crippen LogP contribution in [0.5, 0.6) is 0 Å². The molecule has 1 aromatic carbocycles. The molecule has 0 atom stereocenters. The standard InChI is InChI=1S/C15H12FN3O/c1-9-8-11(6-7-18-9)13-14(19-20-15(13)17)10-2-4-12(16)5-3-10/h2-8H,17H2,1H3. The molecule has 5 heteroatoms. The van der Waals surface area contributed by atoms with Gasteiger partial charge in [0.25, 0.3) is 0 Å². The van der Waals surface area contributed by atoms with E-state index in [1.807, 2.05) is 19.1 Å². The van der Waals surface area contributed by atoms with Crippen LogP contribution < -0.4 is 5.73 Å². The van der Waals surface area contributed by atoms with Crippen molar-refractivity contribution in [1.82, 2.24) is 10.1 Å². The number of nitrogens with zero attached hydrogens (tertiary/aromatic N) is 2. The fourth-order valence-corrected chi connectivity index (χ4v) is 2.09. The van der Waals surface area contributed by atoms with Crippen molar-refractivity contribution in [2.45, 2.75) is 6.92 Å². The predicted octanol–water partition coefficient (Wildman–Crippen LogP) is 3.43. The van der Waals surface area contributed by atoms with Crippen LogP contribution in [0.25, 0.3) is 22.4 Å². The third-order valence-electron chi connectivity index (χ3n) is 3.02. The average Bonchev–Trinajstić information content (AvgIpc) is 2.81. The van der Waals surface area contributed by atoms with Crippen molar-refractivity contribution in [1.29, 1.82) is 0 Å². The molecule has 0 spiro atoms. The maximum atomic E-state index is 13.0. The number of aromatic nitrogens is 2. The van der Waals surface area contributed by atoms with E-state index in [4.69, 9.17) is 10.3 Å². The molecule has 0 aliphatic heterocycles. The van der Waals surface area contributed by atoms with Crippen molar-refractivity contribution in [3.63, 3.8) is 0 Å². The fourth-order valence-electron chi connectivity index (χ4n) is 2.09. The molecule has 0 bridgehead atoms. The summed E-state index contributed by atoms with van der Waals surface area (Å²) in [5.74, 6) is -0.0681. The summed E-state index contributed by atoms with van der Waals surface area (Å²) in [6.07, 6.45) is 1.70. The first-order valence-electron chi connectivity index (χ1n) is 6.09. The first-order valence-corrected chi connectivity index (χ1v) is 6.09. The molecule has 0 fully saturated rings. The van der Waals surface area contributed by atoms with Crippen LogP contribution in [0.15, 0.2) is 47.1 Å². The Balaban J connectivity index is 2.17. The van der Waals surface area contributed by atoms with E-state index < -0.39 is 0 Å². The normalized spacial score (nSPS) is 10.7. The maximum absolute atomic E-state index is 13.0. The monoisotopic (exact) mass is 269 g/mol. The van der Waals surface area contributed by atoms with Gasteiger partial charge in [-0.3, -0.25) is 4.98 Å². The molecule has 2 heterocycles. The molecule has 4 nitrogen and oxygen atoms in total. The molecule has 0 aliphatic carbocycles. The number of pyridine rings is 1. The number of hydrogen-bond donors (Lipinski definition) is 1. The highest BCUT2D eigenvalue weighted by Crippen LogP contribution is 2.36. The summed E-state index contributed by atoms with van der Waals surface area (Å²) >= 11 is 0. The van der Waals surface area contributed by atoms with E-state index in [0.29, 0.717) is 11.3 Å². The molecule has 0 radical (unpaired) electrons. The number of halogens is 1. The van der Waals surface area contributed by atoms with Gasteiger partial charge in [0.05, 0.1) is 5.56 Å². The first-order chi connectivity index (χ1) is 9.65. The zero-order valence-electron chi connectivity index (χ0n) is 10.8. The Kier molecular flexibility index (Phi) is 2.95. The lowest BCUT2D eigenvalue weighted by atomic mass is 10.0. The number of anilines is 1. The van der Waals surface area contributed by atoms with Gasteiger partial charge in [0, 0.05) is 17.5 Å². The van der Waals surface area contributed by atoms with Crippen LogP contribution in [0.2, 0.25) is 0 Å². The highest BCUT2D eigenvalue weighted by molar-refractivity contribution is 5.86. The van der Waals surface area contributed by atoms with Crippen LogP contribution in [0, 0.1) is 12.7 Å². The molecule has 2 N–H and O–H groups in total. The van der Waals surface area contributed by atoms with Crippen molar-refractivity contribution in [3.8, 4) is 22.4 Å². The van der Waals surface area contributed by atoms with Crippen molar-refractivity contribution in [2.24, 2.45) is 0 Å². The fraction of sp³-hybridized carbons (Fsp3) is 0.0667. The number of rotatable bonds is 2. The summed E-state index contributed by atoms with van der Waals surface area (Å²) < 4.78 is 18.1. The summed E-state index contributed by atoms with van der Waals surface area (Å²) in [5.41, 5.74) is 9.64. The van der Waals surface area contributed by atoms with Crippen molar-refractivity contribution >= 4 is 5.88 Å². The van der Waals surface area contributed by atoms with Crippen LogP contribution in [0.4, 0.5) is 10.3 Å². The Morgan fingerprint density at radius 2 is 1.85 bits per heavy atom. The van der Waals surface area contributed by atoms with Crippen LogP contribution in [0.1, 0.15) is 5.69 Å². The van der Waals surface area contributed by atoms with Gasteiger partial charge in [-0.1, -0.05) is 5.16 Å². The van der Waals surface area contributed by atoms with Gasteiger partial charge in [0.2, 0.25) is 5.88 Å². The zero-order valence-corrected chi connectivity index (χ0v) is 10.8. The predicted molar refractivity (Wildman–Crippen MR) is 74.3 cm³/mol. The Bertz CT molecular complexity index is 750. The molecule has 3 aromatic rings. The molecule has 3 rings (SSSR count). The van der Waals surface area contributed by atoms with E-state index in [2.05, 4.69) is 10.1 Å². The highest BCUT2D eigenvalue weighted by atomic mass is 19.1. The summed E-state index contributed by atoms with van der Waals surface area (Å²) in [7, 11) is 0. The summed E-state index contributed by atoms with van der Waals surface area (Å²) in [4.78, 5) is 4.15. The van der Waals surface area contributed by atoms with E-state index in [0.717, 1.165) is 16.8 Å². The molecule has 0 saturated carbocycles. The molecular weight excluding hydrogens is 257 g/mol. The lowest BCUT2D eigenvalue weighted by molar-refractivity contribution is 0.439. The number of nitrogens with two attached hydrogens (primary N) is 1. The van der Waals surface area contributed by atoms with Crippen molar-refractivity contribution < 1.29 is 8.91 Å². The molecule has 100 valence electrons. The Hall–Kier alpha value is -2.69. The van der Waals surface area contributed by atoms with Crippen LogP contribution in [-0.4, -0.2) is 10.1 Å². The van der Waals surface area contributed by atoms with Gasteiger partial charge >= 0.3 is 0 Å². The summed E-state index contributed by atoms with van der Waals surface area (Å²) in [6, 6.07) is 9.77. The zero-order chi connectivity index (χ0) is 14.1. The second kappa shape index (κ2) is 4.77. The number of nitrogen functional groups attached to an aromatic ring is 1. The van der Waals surface area contributed by atoms with Gasteiger partial charge in [-0.25, -0.2) is 4.39 Å². The SMILES string of the molecule is Cc1cc(-c2c(-c3ccc(F)cc3)noc2N)ccn1. The molecule has 0 amide bonds. The minimum absolute atomic E-state index is 0.231. The Labute approximate surface area is 115 Å². The molecule has 0 unspecified atom stereocenters. The van der Waals surface area contributed by atoms with Gasteiger partial charge < -0.3 is 10.3 Å². The molecule has 0 saturated heterocycles. The van der Waals surface area contributed by atoms with Gasteiger partial charge in [0.15, 0.2) is 0 Å². The Morgan fingerprint density at radius 1 is 1.10 bits per heavy atom. The van der Waals surface area contributed by atoms with E-state index >= 15 is 0 Å². The largest absolute Gasteiger partial charge is 0.367 e. The lowest BCUT2D eigenvalue weighted by Gasteiger charge is -2.03. The van der Waals surface area contributed by atoms with E-state index in [-0.39, 0.29) is 11.7 Å². The molecule has 2 aromatic heterocycles. The summed E-state index contributed by atoms with van der Waals surface area (Å²) in [5, 5.41) is 3.98. The van der Waals surface area contributed by atoms with Crippen molar-refractivity contribution in [3.05, 3.63) is 54.1 Å². The maximum Gasteiger partial charge on any atom is 0.230 e. The topological polar surface area (TPSA) is 64.9 Å². The average molecular weight is 269 g/mol. The van der Waals surface area contributed by atoms with Gasteiger partial charge in [-0.2, -0.15) is 0 Å². The molecule has 0 aliphatic rings. The minimum atomic E-state index is -0.300. The second-order valence-electron chi connectivity index (χ2n) is 4.46. The van der Waals surface area contributed by atoms with E-state index in [1.165, 1.54) is 12.1 Å². The third-order valence-corrected chi connectivity index (χ3v) is 3.02. The van der Waals surface area contributed by atoms with Gasteiger partial charge in [0.1, 0.15) is 11.5 Å². The van der Waals surface area contributed by atoms with Gasteiger partial charge in [-0.05, 0) is 48.9 Å². The number of benzene rings is 1. The number of hydrogen-bond acceptors (Lipinski definition) is 4. The van der Waals surface area contributed by atoms with Gasteiger partial charge in [-0.15, -0.1) is 0 Å². The number of aryl methyl sites for hydroxylation is 1.